The van der Waals surface area contributed by atoms with E-state index in [1.165, 1.54) is 12.8 Å². The van der Waals surface area contributed by atoms with Gasteiger partial charge < -0.3 is 19.4 Å². The van der Waals surface area contributed by atoms with Gasteiger partial charge in [-0.25, -0.2) is 9.13 Å². The maximum atomic E-state index is 9.87. The summed E-state index contributed by atoms with van der Waals surface area (Å²) in [5.41, 5.74) is 0. The van der Waals surface area contributed by atoms with Crippen LogP contribution < -0.4 is 9.67 Å². The average molecular weight is 300 g/mol. The summed E-state index contributed by atoms with van der Waals surface area (Å²) >= 11 is 0. The van der Waals surface area contributed by atoms with Gasteiger partial charge >= 0.3 is 0 Å². The van der Waals surface area contributed by atoms with Gasteiger partial charge in [0.2, 0.25) is 6.33 Å². The van der Waals surface area contributed by atoms with Crippen molar-refractivity contribution in [2.24, 2.45) is 7.05 Å². The first-order valence-electron chi connectivity index (χ1n) is 7.46. The van der Waals surface area contributed by atoms with Gasteiger partial charge in [0, 0.05) is 19.0 Å². The smallest absolute Gasteiger partial charge is 0.243 e. The van der Waals surface area contributed by atoms with Crippen LogP contribution in [0.15, 0.2) is 18.7 Å². The van der Waals surface area contributed by atoms with Crippen LogP contribution in [0.2, 0.25) is 0 Å². The molecule has 0 atom stereocenters. The number of nitrogens with zero attached hydrogens (tertiary/aromatic N) is 2. The fraction of sp³-hybridized carbons (Fsp3) is 0.733. The third-order valence-electron chi connectivity index (χ3n) is 2.62. The van der Waals surface area contributed by atoms with Crippen molar-refractivity contribution >= 4 is 5.97 Å². The minimum absolute atomic E-state index is 0.0495. The van der Waals surface area contributed by atoms with Crippen molar-refractivity contribution in [2.45, 2.75) is 39.7 Å². The monoisotopic (exact) mass is 300 g/mol. The molecule has 0 aromatic carbocycles. The molecule has 0 saturated heterocycles. The lowest BCUT2D eigenvalue weighted by Gasteiger charge is -2.04. The molecule has 0 amide bonds. The van der Waals surface area contributed by atoms with Crippen LogP contribution in [0.5, 0.6) is 0 Å². The van der Waals surface area contributed by atoms with Crippen LogP contribution in [0.4, 0.5) is 0 Å². The van der Waals surface area contributed by atoms with Crippen LogP contribution in [0, 0.1) is 0 Å². The highest BCUT2D eigenvalue weighted by molar-refractivity contribution is 5.64. The van der Waals surface area contributed by atoms with Crippen molar-refractivity contribution in [3.05, 3.63) is 18.7 Å². The van der Waals surface area contributed by atoms with Crippen LogP contribution in [0.1, 0.15) is 33.1 Å². The molecule has 0 saturated carbocycles. The molecule has 21 heavy (non-hydrogen) atoms. The van der Waals surface area contributed by atoms with Gasteiger partial charge in [-0.1, -0.05) is 13.3 Å². The topological polar surface area (TPSA) is 67.4 Å². The molecule has 0 fully saturated rings. The van der Waals surface area contributed by atoms with E-state index < -0.39 is 5.97 Å². The Morgan fingerprint density at radius 2 is 1.95 bits per heavy atom. The third kappa shape index (κ3) is 13.3. The van der Waals surface area contributed by atoms with Crippen molar-refractivity contribution in [3.63, 3.8) is 0 Å². The molecule has 122 valence electrons. The molecule has 0 aliphatic rings. The molecule has 0 aliphatic heterocycles. The number of rotatable bonds is 10. The summed E-state index contributed by atoms with van der Waals surface area (Å²) in [6, 6.07) is 0. The first-order chi connectivity index (χ1) is 10.1. The molecular formula is C15H28N2O4. The van der Waals surface area contributed by atoms with Crippen molar-refractivity contribution in [2.75, 3.05) is 26.4 Å². The second-order valence-corrected chi connectivity index (χ2v) is 4.60. The molecule has 6 heteroatoms. The first-order valence-corrected chi connectivity index (χ1v) is 7.46. The Kier molecular flexibility index (Phi) is 12.7. The van der Waals surface area contributed by atoms with E-state index in [4.69, 9.17) is 9.47 Å². The number of carboxylic acids is 1. The Morgan fingerprint density at radius 1 is 1.24 bits per heavy atom. The van der Waals surface area contributed by atoms with Crippen molar-refractivity contribution < 1.29 is 23.9 Å². The van der Waals surface area contributed by atoms with Gasteiger partial charge in [-0.3, -0.25) is 0 Å². The molecule has 1 rings (SSSR count). The summed E-state index contributed by atoms with van der Waals surface area (Å²) in [6.45, 7) is 7.08. The van der Waals surface area contributed by atoms with Crippen LogP contribution in [-0.4, -0.2) is 37.0 Å². The van der Waals surface area contributed by atoms with E-state index in [0.717, 1.165) is 6.54 Å². The number of carbonyl (C=O) groups is 1. The molecule has 6 nitrogen and oxygen atoms in total. The number of aliphatic carboxylic acids is 1. The molecule has 0 aliphatic carbocycles. The number of imidazole rings is 1. The molecule has 0 bridgehead atoms. The number of aryl methyl sites for hydroxylation is 2. The molecule has 1 heterocycles. The van der Waals surface area contributed by atoms with Gasteiger partial charge in [-0.05, 0) is 13.3 Å². The summed E-state index contributed by atoms with van der Waals surface area (Å²) in [7, 11) is 2.04. The number of carbonyl (C=O) groups excluding carboxylic acids is 1. The van der Waals surface area contributed by atoms with E-state index in [2.05, 4.69) is 34.8 Å². The molecule has 1 aromatic rings. The Morgan fingerprint density at radius 3 is 2.48 bits per heavy atom. The normalized spacial score (nSPS) is 10.0. The maximum Gasteiger partial charge on any atom is 0.243 e. The van der Waals surface area contributed by atoms with E-state index in [1.54, 1.807) is 0 Å². The maximum absolute atomic E-state index is 9.87. The summed E-state index contributed by atoms with van der Waals surface area (Å²) in [5, 5.41) is 9.87. The molecule has 0 radical (unpaired) electrons. The highest BCUT2D eigenvalue weighted by atomic mass is 16.5. The van der Waals surface area contributed by atoms with Gasteiger partial charge in [-0.15, -0.1) is 0 Å². The largest absolute Gasteiger partial charge is 0.550 e. The van der Waals surface area contributed by atoms with Gasteiger partial charge in [0.1, 0.15) is 12.4 Å². The first kappa shape index (κ1) is 19.6. The molecule has 0 spiro atoms. The number of hydrogen-bond acceptors (Lipinski definition) is 4. The standard InChI is InChI=1S/C8H15N2.C7H14O4/c1-3-4-5-10-7-6-9(2)8-10;1-2-10-5-6-11-4-3-7(8)9/h6-8H,3-5H2,1-2H3;2-6H2,1H3,(H,8,9)/q+1;/p-1. The van der Waals surface area contributed by atoms with E-state index in [0.29, 0.717) is 19.8 Å². The third-order valence-corrected chi connectivity index (χ3v) is 2.62. The van der Waals surface area contributed by atoms with Gasteiger partial charge in [0.15, 0.2) is 0 Å². The van der Waals surface area contributed by atoms with Gasteiger partial charge in [-0.2, -0.15) is 0 Å². The highest BCUT2D eigenvalue weighted by Crippen LogP contribution is 1.91. The fourth-order valence-electron chi connectivity index (χ4n) is 1.49. The number of ether oxygens (including phenoxy) is 2. The van der Waals surface area contributed by atoms with Crippen molar-refractivity contribution in [1.82, 2.24) is 4.57 Å². The lowest BCUT2D eigenvalue weighted by molar-refractivity contribution is -0.671. The zero-order valence-electron chi connectivity index (χ0n) is 13.4. The number of aromatic nitrogens is 2. The van der Waals surface area contributed by atoms with E-state index in [1.807, 2.05) is 14.0 Å². The molecular weight excluding hydrogens is 272 g/mol. The Hall–Kier alpha value is -1.40. The van der Waals surface area contributed by atoms with Crippen LogP contribution in [-0.2, 0) is 27.9 Å². The summed E-state index contributed by atoms with van der Waals surface area (Å²) < 4.78 is 14.1. The zero-order valence-corrected chi connectivity index (χ0v) is 13.4. The Bertz CT molecular complexity index is 366. The summed E-state index contributed by atoms with van der Waals surface area (Å²) in [4.78, 5) is 9.87. The van der Waals surface area contributed by atoms with Crippen LogP contribution in [0.25, 0.3) is 0 Å². The second-order valence-electron chi connectivity index (χ2n) is 4.60. The van der Waals surface area contributed by atoms with Crippen LogP contribution >= 0.6 is 0 Å². The second kappa shape index (κ2) is 13.6. The zero-order chi connectivity index (χ0) is 15.9. The lowest BCUT2D eigenvalue weighted by atomic mass is 10.3. The number of carboxylic acid groups (broad SMARTS) is 1. The van der Waals surface area contributed by atoms with Crippen molar-refractivity contribution in [3.8, 4) is 0 Å². The molecule has 0 unspecified atom stereocenters. The number of hydrogen-bond donors (Lipinski definition) is 0. The van der Waals surface area contributed by atoms with Gasteiger partial charge in [0.25, 0.3) is 0 Å². The SMILES string of the molecule is CCCCn1cc[n+](C)c1.CCOCCOCCC(=O)[O-]. The number of unbranched alkanes of at least 4 members (excludes halogenated alkanes) is 1. The minimum atomic E-state index is -1.08. The Balaban J connectivity index is 0.000000382. The minimum Gasteiger partial charge on any atom is -0.550 e. The van der Waals surface area contributed by atoms with Crippen LogP contribution in [0.3, 0.4) is 0 Å². The van der Waals surface area contributed by atoms with Gasteiger partial charge in [0.05, 0.1) is 33.4 Å². The molecule has 1 aromatic heterocycles. The quantitative estimate of drug-likeness (QED) is 0.460. The predicted octanol–water partition coefficient (Wildman–Crippen LogP) is 0.292. The Labute approximate surface area is 127 Å². The highest BCUT2D eigenvalue weighted by Gasteiger charge is 1.96. The van der Waals surface area contributed by atoms with E-state index in [-0.39, 0.29) is 13.0 Å². The lowest BCUT2D eigenvalue weighted by Crippen LogP contribution is -2.23. The van der Waals surface area contributed by atoms with E-state index >= 15 is 0 Å². The predicted molar refractivity (Wildman–Crippen MR) is 77.5 cm³/mol. The van der Waals surface area contributed by atoms with E-state index in [9.17, 15) is 9.90 Å². The average Bonchev–Trinajstić information content (AvgIpc) is 2.86. The summed E-state index contributed by atoms with van der Waals surface area (Å²) in [6.07, 6.45) is 8.77. The van der Waals surface area contributed by atoms with Crippen molar-refractivity contribution in [1.29, 1.82) is 0 Å². The summed E-state index contributed by atoms with van der Waals surface area (Å²) in [5.74, 6) is -1.08. The molecule has 0 N–H and O–H groups in total. The fourth-order valence-corrected chi connectivity index (χ4v) is 1.49.